The topological polar surface area (TPSA) is 53.1 Å². The zero-order valence-electron chi connectivity index (χ0n) is 13.0. The van der Waals surface area contributed by atoms with Gasteiger partial charge in [0.2, 0.25) is 0 Å². The molecule has 0 aliphatic heterocycles. The van der Waals surface area contributed by atoms with Crippen LogP contribution in [0.5, 0.6) is 5.75 Å². The molecule has 21 heavy (non-hydrogen) atoms. The van der Waals surface area contributed by atoms with Crippen LogP contribution >= 0.6 is 15.9 Å². The van der Waals surface area contributed by atoms with Crippen molar-refractivity contribution in [1.29, 1.82) is 0 Å². The van der Waals surface area contributed by atoms with Crippen LogP contribution in [0.4, 0.5) is 0 Å². The number of benzene rings is 1. The Hall–Kier alpha value is -1.33. The van der Waals surface area contributed by atoms with Crippen molar-refractivity contribution in [2.45, 2.75) is 33.8 Å². The zero-order chi connectivity index (χ0) is 15.6. The Morgan fingerprint density at radius 3 is 2.33 bits per heavy atom. The lowest BCUT2D eigenvalue weighted by molar-refractivity contribution is 0.290. The third-order valence-electron chi connectivity index (χ3n) is 3.57. The summed E-state index contributed by atoms with van der Waals surface area (Å²) in [5.41, 5.74) is 11.2. The van der Waals surface area contributed by atoms with E-state index in [4.69, 9.17) is 10.5 Å². The summed E-state index contributed by atoms with van der Waals surface area (Å²) in [4.78, 5) is 0. The molecule has 2 N–H and O–H groups in total. The maximum absolute atomic E-state index is 6.04. The van der Waals surface area contributed by atoms with Gasteiger partial charge in [0.25, 0.3) is 0 Å². The number of nitrogens with two attached hydrogens (primary N) is 1. The molecule has 0 saturated heterocycles. The maximum Gasteiger partial charge on any atom is 0.131 e. The highest BCUT2D eigenvalue weighted by Crippen LogP contribution is 2.27. The monoisotopic (exact) mass is 351 g/mol. The van der Waals surface area contributed by atoms with Crippen molar-refractivity contribution in [3.05, 3.63) is 44.7 Å². The Balaban J connectivity index is 2.20. The predicted octanol–water partition coefficient (Wildman–Crippen LogP) is 3.19. The molecule has 5 heteroatoms. The second-order valence-corrected chi connectivity index (χ2v) is 6.15. The minimum absolute atomic E-state index is 0.496. The van der Waals surface area contributed by atoms with Gasteiger partial charge in [-0.1, -0.05) is 12.1 Å². The summed E-state index contributed by atoms with van der Waals surface area (Å²) >= 11 is 3.57. The first kappa shape index (κ1) is 16.0. The van der Waals surface area contributed by atoms with E-state index in [1.165, 1.54) is 5.56 Å². The van der Waals surface area contributed by atoms with E-state index in [0.29, 0.717) is 13.2 Å². The molecule has 0 spiro atoms. The first-order valence-corrected chi connectivity index (χ1v) is 7.84. The number of aromatic nitrogens is 2. The van der Waals surface area contributed by atoms with Crippen molar-refractivity contribution in [3.63, 3.8) is 0 Å². The van der Waals surface area contributed by atoms with Gasteiger partial charge in [-0.15, -0.1) is 0 Å². The molecule has 0 aliphatic rings. The van der Waals surface area contributed by atoms with Gasteiger partial charge in [0, 0.05) is 7.05 Å². The Morgan fingerprint density at radius 2 is 1.86 bits per heavy atom. The molecule has 0 fully saturated rings. The first-order valence-electron chi connectivity index (χ1n) is 7.05. The highest BCUT2D eigenvalue weighted by Gasteiger charge is 2.13. The quantitative estimate of drug-likeness (QED) is 0.899. The molecule has 0 bridgehead atoms. The second-order valence-electron chi connectivity index (χ2n) is 5.36. The second kappa shape index (κ2) is 6.62. The molecule has 2 aromatic rings. The number of hydrogen-bond acceptors (Lipinski definition) is 3. The molecule has 0 unspecified atom stereocenters. The van der Waals surface area contributed by atoms with Gasteiger partial charge in [0.1, 0.15) is 12.4 Å². The summed E-state index contributed by atoms with van der Waals surface area (Å²) in [6.07, 6.45) is 0.897. The van der Waals surface area contributed by atoms with Crippen LogP contribution in [0.15, 0.2) is 16.6 Å². The molecule has 1 aromatic carbocycles. The molecule has 114 valence electrons. The normalized spacial score (nSPS) is 11.0. The SMILES string of the molecule is Cc1cc(CCN)cc(C)c1OCc1c(Br)c(C)nn1C. The molecule has 0 atom stereocenters. The van der Waals surface area contributed by atoms with E-state index in [-0.39, 0.29) is 0 Å². The Bertz CT molecular complexity index is 626. The molecule has 0 radical (unpaired) electrons. The van der Waals surface area contributed by atoms with Crippen LogP contribution in [0.3, 0.4) is 0 Å². The summed E-state index contributed by atoms with van der Waals surface area (Å²) in [6, 6.07) is 4.30. The van der Waals surface area contributed by atoms with Crippen molar-refractivity contribution in [2.24, 2.45) is 12.8 Å². The fourth-order valence-electron chi connectivity index (χ4n) is 2.56. The molecule has 2 rings (SSSR count). The van der Waals surface area contributed by atoms with E-state index in [1.54, 1.807) is 0 Å². The van der Waals surface area contributed by atoms with E-state index < -0.39 is 0 Å². The van der Waals surface area contributed by atoms with Crippen LogP contribution in [0.25, 0.3) is 0 Å². The number of ether oxygens (including phenoxy) is 1. The summed E-state index contributed by atoms with van der Waals surface area (Å²) in [6.45, 7) is 7.29. The molecule has 1 heterocycles. The van der Waals surface area contributed by atoms with Gasteiger partial charge in [-0.05, 0) is 66.4 Å². The first-order chi connectivity index (χ1) is 9.93. The third kappa shape index (κ3) is 3.47. The van der Waals surface area contributed by atoms with E-state index in [0.717, 1.165) is 39.2 Å². The minimum atomic E-state index is 0.496. The van der Waals surface area contributed by atoms with Gasteiger partial charge >= 0.3 is 0 Å². The standard InChI is InChI=1S/C16H22BrN3O/c1-10-7-13(5-6-18)8-11(2)16(10)21-9-14-15(17)12(3)19-20(14)4/h7-8H,5-6,9,18H2,1-4H3. The maximum atomic E-state index is 6.04. The number of hydrogen-bond donors (Lipinski definition) is 1. The molecule has 0 saturated carbocycles. The smallest absolute Gasteiger partial charge is 0.131 e. The lowest BCUT2D eigenvalue weighted by Gasteiger charge is -2.14. The average Bonchev–Trinajstić information content (AvgIpc) is 2.64. The van der Waals surface area contributed by atoms with Crippen molar-refractivity contribution < 1.29 is 4.74 Å². The average molecular weight is 352 g/mol. The van der Waals surface area contributed by atoms with Crippen molar-refractivity contribution >= 4 is 15.9 Å². The van der Waals surface area contributed by atoms with Crippen LogP contribution < -0.4 is 10.5 Å². The van der Waals surface area contributed by atoms with Crippen molar-refractivity contribution in [1.82, 2.24) is 9.78 Å². The number of rotatable bonds is 5. The highest BCUT2D eigenvalue weighted by atomic mass is 79.9. The van der Waals surface area contributed by atoms with Gasteiger partial charge in [0.15, 0.2) is 0 Å². The molecule has 0 amide bonds. The molecule has 1 aromatic heterocycles. The molecular weight excluding hydrogens is 330 g/mol. The van der Waals surface area contributed by atoms with Gasteiger partial charge in [-0.2, -0.15) is 5.10 Å². The molecule has 0 aliphatic carbocycles. The summed E-state index contributed by atoms with van der Waals surface area (Å²) in [5.74, 6) is 0.946. The Kier molecular flexibility index (Phi) is 5.06. The largest absolute Gasteiger partial charge is 0.487 e. The van der Waals surface area contributed by atoms with Gasteiger partial charge in [-0.3, -0.25) is 4.68 Å². The summed E-state index contributed by atoms with van der Waals surface area (Å²) in [7, 11) is 1.93. The number of aryl methyl sites for hydroxylation is 4. The molecular formula is C16H22BrN3O. The Morgan fingerprint density at radius 1 is 1.24 bits per heavy atom. The fourth-order valence-corrected chi connectivity index (χ4v) is 3.01. The lowest BCUT2D eigenvalue weighted by Crippen LogP contribution is -2.07. The van der Waals surface area contributed by atoms with E-state index in [9.17, 15) is 0 Å². The van der Waals surface area contributed by atoms with Crippen LogP contribution in [0, 0.1) is 20.8 Å². The van der Waals surface area contributed by atoms with Crippen LogP contribution in [-0.4, -0.2) is 16.3 Å². The summed E-state index contributed by atoms with van der Waals surface area (Å²) in [5, 5.41) is 4.38. The fraction of sp³-hybridized carbons (Fsp3) is 0.438. The van der Waals surface area contributed by atoms with Gasteiger partial charge < -0.3 is 10.5 Å². The highest BCUT2D eigenvalue weighted by molar-refractivity contribution is 9.10. The van der Waals surface area contributed by atoms with Crippen LogP contribution in [0.2, 0.25) is 0 Å². The van der Waals surface area contributed by atoms with Crippen LogP contribution in [-0.2, 0) is 20.1 Å². The zero-order valence-corrected chi connectivity index (χ0v) is 14.6. The Labute approximate surface area is 134 Å². The number of nitrogens with zero attached hydrogens (tertiary/aromatic N) is 2. The van der Waals surface area contributed by atoms with Crippen LogP contribution in [0.1, 0.15) is 28.1 Å². The van der Waals surface area contributed by atoms with Crippen molar-refractivity contribution in [2.75, 3.05) is 6.54 Å². The predicted molar refractivity (Wildman–Crippen MR) is 88.7 cm³/mol. The van der Waals surface area contributed by atoms with Gasteiger partial charge in [0.05, 0.1) is 15.9 Å². The number of halogens is 1. The summed E-state index contributed by atoms with van der Waals surface area (Å²) < 4.78 is 8.91. The van der Waals surface area contributed by atoms with Gasteiger partial charge in [-0.25, -0.2) is 0 Å². The lowest BCUT2D eigenvalue weighted by atomic mass is 10.0. The molecule has 4 nitrogen and oxygen atoms in total. The van der Waals surface area contributed by atoms with E-state index in [1.807, 2.05) is 18.7 Å². The van der Waals surface area contributed by atoms with E-state index in [2.05, 4.69) is 47.0 Å². The minimum Gasteiger partial charge on any atom is -0.487 e. The third-order valence-corrected chi connectivity index (χ3v) is 4.60. The van der Waals surface area contributed by atoms with Crippen molar-refractivity contribution in [3.8, 4) is 5.75 Å². The van der Waals surface area contributed by atoms with E-state index >= 15 is 0 Å².